The lowest BCUT2D eigenvalue weighted by Gasteiger charge is -2.44. The molecule has 298 valence electrons. The van der Waals surface area contributed by atoms with Crippen LogP contribution in [0.2, 0.25) is 0 Å². The first kappa shape index (κ1) is 36.4. The van der Waals surface area contributed by atoms with Gasteiger partial charge in [0.1, 0.15) is 11.5 Å². The molecule has 0 amide bonds. The summed E-state index contributed by atoms with van der Waals surface area (Å²) in [6.45, 7) is 0. The van der Waals surface area contributed by atoms with Crippen molar-refractivity contribution < 1.29 is 4.74 Å². The Morgan fingerprint density at radius 3 is 0.953 bits per heavy atom. The Morgan fingerprint density at radius 2 is 0.516 bits per heavy atom. The summed E-state index contributed by atoms with van der Waals surface area (Å²) in [5.74, 6) is 1.81. The van der Waals surface area contributed by atoms with Crippen LogP contribution in [0.4, 0.5) is 0 Å². The summed E-state index contributed by atoms with van der Waals surface area (Å²) < 4.78 is 7.60. The fourth-order valence-corrected chi connectivity index (χ4v) is 11.0. The molecule has 12 aromatic carbocycles. The quantitative estimate of drug-likeness (QED) is 0.157. The molecular formula is C63H40O. The standard InChI is InChI=1S/C63H40O/c1-3-17-41(18-4-1)42-31-35-45(36-32-42)63(46-37-33-44(34-38-46)48-40-39-47(43-19-5-2-6-20-43)49-21-7-8-22-50(48)49)59-55-27-13-9-23-51(55)53-25-11-15-29-57(53)61(59)64-62-58-30-16-12-26-54(58)52-24-10-14-28-56(52)60(62)63/h1-40H. The molecule has 0 unspecified atom stereocenters. The first-order chi connectivity index (χ1) is 31.8. The molecule has 0 saturated carbocycles. The minimum Gasteiger partial charge on any atom is -0.455 e. The van der Waals surface area contributed by atoms with E-state index in [4.69, 9.17) is 4.74 Å². The summed E-state index contributed by atoms with van der Waals surface area (Å²) in [6, 6.07) is 89.1. The summed E-state index contributed by atoms with van der Waals surface area (Å²) in [5.41, 5.74) is 11.1. The van der Waals surface area contributed by atoms with Gasteiger partial charge in [-0.3, -0.25) is 0 Å². The lowest BCUT2D eigenvalue weighted by atomic mass is 9.60. The van der Waals surface area contributed by atoms with Crippen LogP contribution in [-0.4, -0.2) is 0 Å². The van der Waals surface area contributed by atoms with Gasteiger partial charge in [-0.2, -0.15) is 0 Å². The Labute approximate surface area is 372 Å². The van der Waals surface area contributed by atoms with E-state index in [1.807, 2.05) is 0 Å². The summed E-state index contributed by atoms with van der Waals surface area (Å²) in [5, 5.41) is 11.8. The molecule has 0 bridgehead atoms. The van der Waals surface area contributed by atoms with Crippen LogP contribution in [0.15, 0.2) is 243 Å². The van der Waals surface area contributed by atoms with Crippen molar-refractivity contribution in [2.75, 3.05) is 0 Å². The van der Waals surface area contributed by atoms with Crippen LogP contribution in [-0.2, 0) is 5.41 Å². The molecule has 0 saturated heterocycles. The van der Waals surface area contributed by atoms with Gasteiger partial charge in [-0.05, 0) is 87.6 Å². The van der Waals surface area contributed by atoms with Gasteiger partial charge in [-0.25, -0.2) is 0 Å². The monoisotopic (exact) mass is 812 g/mol. The van der Waals surface area contributed by atoms with Crippen molar-refractivity contribution in [2.45, 2.75) is 5.41 Å². The molecular weight excluding hydrogens is 773 g/mol. The van der Waals surface area contributed by atoms with E-state index in [2.05, 4.69) is 243 Å². The second-order valence-electron chi connectivity index (χ2n) is 17.0. The molecule has 0 aliphatic carbocycles. The van der Waals surface area contributed by atoms with E-state index in [-0.39, 0.29) is 0 Å². The van der Waals surface area contributed by atoms with Gasteiger partial charge in [-0.1, -0.05) is 243 Å². The maximum Gasteiger partial charge on any atom is 0.140 e. The first-order valence-corrected chi connectivity index (χ1v) is 22.2. The zero-order valence-corrected chi connectivity index (χ0v) is 35.0. The van der Waals surface area contributed by atoms with E-state index in [1.54, 1.807) is 0 Å². The number of benzene rings is 12. The van der Waals surface area contributed by atoms with Gasteiger partial charge in [0.25, 0.3) is 0 Å². The highest BCUT2D eigenvalue weighted by molar-refractivity contribution is 6.18. The maximum atomic E-state index is 7.60. The molecule has 0 radical (unpaired) electrons. The maximum absolute atomic E-state index is 7.60. The van der Waals surface area contributed by atoms with E-state index in [9.17, 15) is 0 Å². The Bertz CT molecular complexity index is 3650. The number of hydrogen-bond acceptors (Lipinski definition) is 1. The zero-order chi connectivity index (χ0) is 42.2. The molecule has 64 heavy (non-hydrogen) atoms. The van der Waals surface area contributed by atoms with Gasteiger partial charge in [-0.15, -0.1) is 0 Å². The lowest BCUT2D eigenvalue weighted by molar-refractivity contribution is 0.449. The van der Waals surface area contributed by atoms with Crippen LogP contribution < -0.4 is 4.74 Å². The van der Waals surface area contributed by atoms with Gasteiger partial charge in [0.15, 0.2) is 0 Å². The summed E-state index contributed by atoms with van der Waals surface area (Å²) in [6.07, 6.45) is 0. The third kappa shape index (κ3) is 5.31. The van der Waals surface area contributed by atoms with Gasteiger partial charge in [0.2, 0.25) is 0 Å². The van der Waals surface area contributed by atoms with Gasteiger partial charge in [0, 0.05) is 21.9 Å². The second kappa shape index (κ2) is 14.4. The molecule has 1 aliphatic heterocycles. The predicted molar refractivity (Wildman–Crippen MR) is 269 cm³/mol. The summed E-state index contributed by atoms with van der Waals surface area (Å²) in [4.78, 5) is 0. The van der Waals surface area contributed by atoms with Crippen LogP contribution in [0.5, 0.6) is 11.5 Å². The number of fused-ring (bicyclic) bond motifs is 13. The topological polar surface area (TPSA) is 9.23 Å². The van der Waals surface area contributed by atoms with Crippen molar-refractivity contribution in [1.82, 2.24) is 0 Å². The molecule has 0 atom stereocenters. The summed E-state index contributed by atoms with van der Waals surface area (Å²) >= 11 is 0. The van der Waals surface area contributed by atoms with Crippen molar-refractivity contribution in [2.24, 2.45) is 0 Å². The highest BCUT2D eigenvalue weighted by Gasteiger charge is 2.49. The highest BCUT2D eigenvalue weighted by Crippen LogP contribution is 2.62. The molecule has 12 aromatic rings. The van der Waals surface area contributed by atoms with E-state index in [1.165, 1.54) is 87.6 Å². The van der Waals surface area contributed by atoms with Crippen molar-refractivity contribution in [1.29, 1.82) is 0 Å². The Kier molecular flexibility index (Phi) is 8.20. The van der Waals surface area contributed by atoms with Gasteiger partial charge < -0.3 is 4.74 Å². The van der Waals surface area contributed by atoms with E-state index in [0.29, 0.717) is 0 Å². The average Bonchev–Trinajstić information content (AvgIpc) is 3.38. The normalized spacial score (nSPS) is 12.9. The Hall–Kier alpha value is -8.26. The first-order valence-electron chi connectivity index (χ1n) is 22.2. The third-order valence-electron chi connectivity index (χ3n) is 13.8. The molecule has 0 fully saturated rings. The van der Waals surface area contributed by atoms with Crippen LogP contribution in [0.3, 0.4) is 0 Å². The molecule has 1 aliphatic rings. The Balaban J connectivity index is 1.16. The van der Waals surface area contributed by atoms with E-state index >= 15 is 0 Å². The summed E-state index contributed by atoms with van der Waals surface area (Å²) in [7, 11) is 0. The molecule has 0 spiro atoms. The molecule has 1 heterocycles. The van der Waals surface area contributed by atoms with Crippen LogP contribution in [0, 0.1) is 0 Å². The SMILES string of the molecule is c1ccc(-c2ccc(C3(c4ccc(-c5ccc(-c6ccccc6)c6ccccc56)cc4)c4c(c5ccccc5c5ccccc45)Oc4c3c3ccccc3c3ccccc43)cc2)cc1. The van der Waals surface area contributed by atoms with Gasteiger partial charge in [0.05, 0.1) is 5.41 Å². The smallest absolute Gasteiger partial charge is 0.140 e. The van der Waals surface area contributed by atoms with Crippen molar-refractivity contribution >= 4 is 53.9 Å². The number of hydrogen-bond donors (Lipinski definition) is 0. The highest BCUT2D eigenvalue weighted by atomic mass is 16.5. The number of ether oxygens (including phenoxy) is 1. The van der Waals surface area contributed by atoms with Crippen LogP contribution >= 0.6 is 0 Å². The van der Waals surface area contributed by atoms with Crippen molar-refractivity contribution in [3.63, 3.8) is 0 Å². The van der Waals surface area contributed by atoms with Crippen molar-refractivity contribution in [3.8, 4) is 44.9 Å². The minimum atomic E-state index is -0.816. The predicted octanol–water partition coefficient (Wildman–Crippen LogP) is 16.9. The fourth-order valence-electron chi connectivity index (χ4n) is 11.0. The average molecular weight is 813 g/mol. The fraction of sp³-hybridized carbons (Fsp3) is 0.0159. The molecule has 0 aromatic heterocycles. The lowest BCUT2D eigenvalue weighted by Crippen LogP contribution is -2.35. The molecule has 1 nitrogen and oxygen atoms in total. The molecule has 13 rings (SSSR count). The zero-order valence-electron chi connectivity index (χ0n) is 35.0. The van der Waals surface area contributed by atoms with Crippen molar-refractivity contribution in [3.05, 3.63) is 265 Å². The number of rotatable bonds is 5. The molecule has 1 heteroatoms. The van der Waals surface area contributed by atoms with Crippen LogP contribution in [0.1, 0.15) is 22.3 Å². The van der Waals surface area contributed by atoms with Crippen LogP contribution in [0.25, 0.3) is 87.2 Å². The van der Waals surface area contributed by atoms with E-state index in [0.717, 1.165) is 33.4 Å². The largest absolute Gasteiger partial charge is 0.455 e. The van der Waals surface area contributed by atoms with Gasteiger partial charge >= 0.3 is 0 Å². The van der Waals surface area contributed by atoms with E-state index < -0.39 is 5.41 Å². The third-order valence-corrected chi connectivity index (χ3v) is 13.8. The molecule has 0 N–H and O–H groups in total. The Morgan fingerprint density at radius 1 is 0.219 bits per heavy atom. The second-order valence-corrected chi connectivity index (χ2v) is 17.0. The minimum absolute atomic E-state index is 0.816.